The minimum atomic E-state index is -4.91. The number of hydrogen-bond donors (Lipinski definition) is 0. The maximum atomic E-state index is 14.4. The summed E-state index contributed by atoms with van der Waals surface area (Å²) in [6, 6.07) is 7.08. The largest absolute Gasteiger partial charge is 0.429 e. The number of aryl methyl sites for hydroxylation is 1. The second-order valence-corrected chi connectivity index (χ2v) is 8.29. The van der Waals surface area contributed by atoms with Crippen molar-refractivity contribution in [1.82, 2.24) is 0 Å². The van der Waals surface area contributed by atoms with Gasteiger partial charge in [0.15, 0.2) is 0 Å². The smallest absolute Gasteiger partial charge is 0.426 e. The van der Waals surface area contributed by atoms with E-state index in [0.29, 0.717) is 24.1 Å². The first-order valence-electron chi connectivity index (χ1n) is 10.6. The highest BCUT2D eigenvalue weighted by molar-refractivity contribution is 5.32. The van der Waals surface area contributed by atoms with Crippen LogP contribution in [0, 0.1) is 17.7 Å². The van der Waals surface area contributed by atoms with Crippen LogP contribution in [0.1, 0.15) is 62.1 Å². The summed E-state index contributed by atoms with van der Waals surface area (Å²) in [4.78, 5) is 0. The van der Waals surface area contributed by atoms with E-state index in [9.17, 15) is 26.3 Å². The van der Waals surface area contributed by atoms with E-state index >= 15 is 0 Å². The average Bonchev–Trinajstić information content (AvgIpc) is 2.72. The van der Waals surface area contributed by atoms with Crippen molar-refractivity contribution in [1.29, 1.82) is 0 Å². The summed E-state index contributed by atoms with van der Waals surface area (Å²) in [5, 5.41) is 0. The fourth-order valence-electron chi connectivity index (χ4n) is 4.16. The summed E-state index contributed by atoms with van der Waals surface area (Å²) in [6.07, 6.45) is -0.713. The Kier molecular flexibility index (Phi) is 7.22. The zero-order chi connectivity index (χ0) is 22.6. The highest BCUT2D eigenvalue weighted by Crippen LogP contribution is 2.37. The predicted octanol–water partition coefficient (Wildman–Crippen LogP) is 8.12. The molecule has 0 radical (unpaired) electrons. The molecule has 170 valence electrons. The number of benzene rings is 2. The van der Waals surface area contributed by atoms with Gasteiger partial charge >= 0.3 is 12.3 Å². The first-order chi connectivity index (χ1) is 14.6. The van der Waals surface area contributed by atoms with E-state index in [0.717, 1.165) is 24.3 Å². The minimum absolute atomic E-state index is 0.318. The van der Waals surface area contributed by atoms with Crippen molar-refractivity contribution < 1.29 is 31.1 Å². The Morgan fingerprint density at radius 1 is 0.871 bits per heavy atom. The fourth-order valence-corrected chi connectivity index (χ4v) is 4.16. The Labute approximate surface area is 178 Å². The molecule has 7 heteroatoms. The molecular formula is C24H26F6O. The molecule has 0 unspecified atom stereocenters. The number of ether oxygens (including phenoxy) is 1. The molecule has 0 atom stereocenters. The van der Waals surface area contributed by atoms with Crippen molar-refractivity contribution >= 4 is 0 Å². The minimum Gasteiger partial charge on any atom is -0.429 e. The highest BCUT2D eigenvalue weighted by Gasteiger charge is 2.37. The molecule has 0 N–H and O–H groups in total. The summed E-state index contributed by atoms with van der Waals surface area (Å²) >= 11 is 0. The van der Waals surface area contributed by atoms with Crippen LogP contribution < -0.4 is 4.74 Å². The van der Waals surface area contributed by atoms with Crippen LogP contribution in [0.2, 0.25) is 0 Å². The van der Waals surface area contributed by atoms with Crippen LogP contribution in [0.3, 0.4) is 0 Å². The molecule has 1 aliphatic rings. The van der Waals surface area contributed by atoms with Gasteiger partial charge < -0.3 is 4.74 Å². The maximum Gasteiger partial charge on any atom is 0.426 e. The Morgan fingerprint density at radius 2 is 1.48 bits per heavy atom. The summed E-state index contributed by atoms with van der Waals surface area (Å²) in [5.41, 5.74) is -1.03. The van der Waals surface area contributed by atoms with Gasteiger partial charge in [0.1, 0.15) is 11.6 Å². The highest BCUT2D eigenvalue weighted by atomic mass is 19.4. The first-order valence-corrected chi connectivity index (χ1v) is 10.6. The maximum absolute atomic E-state index is 14.4. The summed E-state index contributed by atoms with van der Waals surface area (Å²) in [7, 11) is 0. The van der Waals surface area contributed by atoms with Crippen molar-refractivity contribution in [3.8, 4) is 5.75 Å². The molecule has 0 saturated heterocycles. The molecule has 31 heavy (non-hydrogen) atoms. The molecule has 2 aromatic rings. The number of alkyl halides is 5. The van der Waals surface area contributed by atoms with Crippen LogP contribution in [-0.2, 0) is 18.7 Å². The van der Waals surface area contributed by atoms with E-state index in [1.165, 1.54) is 44.2 Å². The topological polar surface area (TPSA) is 9.23 Å². The zero-order valence-electron chi connectivity index (χ0n) is 17.3. The van der Waals surface area contributed by atoms with E-state index in [1.54, 1.807) is 12.1 Å². The van der Waals surface area contributed by atoms with Crippen molar-refractivity contribution in [2.75, 3.05) is 0 Å². The lowest BCUT2D eigenvalue weighted by atomic mass is 9.78. The van der Waals surface area contributed by atoms with E-state index in [-0.39, 0.29) is 0 Å². The molecule has 1 saturated carbocycles. The van der Waals surface area contributed by atoms with E-state index in [2.05, 4.69) is 11.7 Å². The Morgan fingerprint density at radius 3 is 2.03 bits per heavy atom. The molecule has 2 aromatic carbocycles. The number of hydrogen-bond acceptors (Lipinski definition) is 1. The molecule has 3 rings (SSSR count). The molecule has 1 nitrogen and oxygen atoms in total. The van der Waals surface area contributed by atoms with Crippen molar-refractivity contribution in [3.05, 3.63) is 65.0 Å². The van der Waals surface area contributed by atoms with Gasteiger partial charge in [-0.15, -0.1) is 0 Å². The second-order valence-electron chi connectivity index (χ2n) is 8.29. The van der Waals surface area contributed by atoms with Crippen molar-refractivity contribution in [3.63, 3.8) is 0 Å². The molecule has 0 heterocycles. The van der Waals surface area contributed by atoms with Crippen LogP contribution in [0.15, 0.2) is 42.5 Å². The van der Waals surface area contributed by atoms with Crippen molar-refractivity contribution in [2.24, 2.45) is 11.8 Å². The van der Waals surface area contributed by atoms with E-state index < -0.39 is 35.0 Å². The number of rotatable bonds is 7. The van der Waals surface area contributed by atoms with E-state index in [1.807, 2.05) is 0 Å². The van der Waals surface area contributed by atoms with E-state index in [4.69, 9.17) is 0 Å². The van der Waals surface area contributed by atoms with Gasteiger partial charge in [-0.05, 0) is 54.5 Å². The van der Waals surface area contributed by atoms with Gasteiger partial charge in [-0.1, -0.05) is 51.2 Å². The van der Waals surface area contributed by atoms with Gasteiger partial charge in [-0.2, -0.15) is 22.0 Å². The summed E-state index contributed by atoms with van der Waals surface area (Å²) in [5.74, 6) is -0.843. The van der Waals surface area contributed by atoms with Gasteiger partial charge in [-0.3, -0.25) is 0 Å². The predicted molar refractivity (Wildman–Crippen MR) is 106 cm³/mol. The van der Waals surface area contributed by atoms with Crippen LogP contribution in [-0.4, -0.2) is 0 Å². The SMILES string of the molecule is CCC1CCC(CCc2ccc(C(F)(F)Oc3ccc(C(F)(F)F)c(F)c3)cc2)CC1. The fraction of sp³-hybridized carbons (Fsp3) is 0.500. The Bertz CT molecular complexity index is 851. The average molecular weight is 444 g/mol. The lowest BCUT2D eigenvalue weighted by molar-refractivity contribution is -0.185. The van der Waals surface area contributed by atoms with Crippen LogP contribution in [0.25, 0.3) is 0 Å². The van der Waals surface area contributed by atoms with Crippen molar-refractivity contribution in [2.45, 2.75) is 64.2 Å². The molecule has 0 aromatic heterocycles. The Balaban J connectivity index is 1.59. The third kappa shape index (κ3) is 6.17. The van der Waals surface area contributed by atoms with Crippen LogP contribution in [0.5, 0.6) is 5.75 Å². The standard InChI is InChI=1S/C24H26F6O/c1-2-16-3-5-17(6-4-16)7-8-18-9-11-19(12-10-18)24(29,30)31-20-13-14-21(22(25)15-20)23(26,27)28/h9-17H,2-8H2,1H3. The molecule has 0 aliphatic heterocycles. The van der Waals surface area contributed by atoms with Gasteiger partial charge in [0.2, 0.25) is 0 Å². The third-order valence-electron chi connectivity index (χ3n) is 6.17. The Hall–Kier alpha value is -2.18. The normalized spacial score (nSPS) is 20.0. The zero-order valence-corrected chi connectivity index (χ0v) is 17.3. The monoisotopic (exact) mass is 444 g/mol. The summed E-state index contributed by atoms with van der Waals surface area (Å²) < 4.78 is 84.8. The number of halogens is 6. The second kappa shape index (κ2) is 9.53. The molecular weight excluding hydrogens is 418 g/mol. The van der Waals surface area contributed by atoms with Gasteiger partial charge in [0.05, 0.1) is 11.1 Å². The van der Waals surface area contributed by atoms with Crippen LogP contribution in [0.4, 0.5) is 26.3 Å². The third-order valence-corrected chi connectivity index (χ3v) is 6.17. The molecule has 0 spiro atoms. The molecule has 0 amide bonds. The van der Waals surface area contributed by atoms with Gasteiger partial charge in [0.25, 0.3) is 0 Å². The molecule has 1 fully saturated rings. The molecule has 0 bridgehead atoms. The quantitative estimate of drug-likeness (QED) is 0.392. The first kappa shape index (κ1) is 23.5. The van der Waals surface area contributed by atoms with Gasteiger partial charge in [0, 0.05) is 6.07 Å². The van der Waals surface area contributed by atoms with Crippen LogP contribution >= 0.6 is 0 Å². The summed E-state index contributed by atoms with van der Waals surface area (Å²) in [6.45, 7) is 2.22. The van der Waals surface area contributed by atoms with Gasteiger partial charge in [-0.25, -0.2) is 4.39 Å². The molecule has 1 aliphatic carbocycles. The lowest BCUT2D eigenvalue weighted by Gasteiger charge is -2.27. The lowest BCUT2D eigenvalue weighted by Crippen LogP contribution is -2.22.